The van der Waals surface area contributed by atoms with Gasteiger partial charge < -0.3 is 10.1 Å². The molecule has 0 fully saturated rings. The van der Waals surface area contributed by atoms with Crippen LogP contribution in [0.3, 0.4) is 0 Å². The van der Waals surface area contributed by atoms with Crippen LogP contribution in [-0.4, -0.2) is 12.0 Å². The Morgan fingerprint density at radius 3 is 2.57 bits per heavy atom. The number of ether oxygens (including phenoxy) is 1. The molecule has 1 atom stereocenters. The molecule has 0 saturated carbocycles. The Morgan fingerprint density at radius 1 is 1.22 bits per heavy atom. The molecule has 0 unspecified atom stereocenters. The SMILES string of the molecule is CC[C@@H](Oc1ccc(C)c(C)c1)C(=O)Nc1ccc(Br)cc1F. The first-order valence-electron chi connectivity index (χ1n) is 7.40. The third-order valence-electron chi connectivity index (χ3n) is 3.61. The lowest BCUT2D eigenvalue weighted by Gasteiger charge is -2.18. The summed E-state index contributed by atoms with van der Waals surface area (Å²) in [5, 5.41) is 2.57. The largest absolute Gasteiger partial charge is 0.481 e. The molecular weight excluding hydrogens is 361 g/mol. The summed E-state index contributed by atoms with van der Waals surface area (Å²) in [7, 11) is 0. The highest BCUT2D eigenvalue weighted by atomic mass is 79.9. The molecule has 1 N–H and O–H groups in total. The fraction of sp³-hybridized carbons (Fsp3) is 0.278. The lowest BCUT2D eigenvalue weighted by atomic mass is 10.1. The van der Waals surface area contributed by atoms with Crippen LogP contribution in [0.4, 0.5) is 10.1 Å². The zero-order valence-corrected chi connectivity index (χ0v) is 14.9. The lowest BCUT2D eigenvalue weighted by molar-refractivity contribution is -0.122. The van der Waals surface area contributed by atoms with Crippen LogP contribution < -0.4 is 10.1 Å². The van der Waals surface area contributed by atoms with Crippen LogP contribution in [-0.2, 0) is 4.79 Å². The molecule has 23 heavy (non-hydrogen) atoms. The standard InChI is InChI=1S/C18H19BrFNO2/c1-4-17(23-14-7-5-11(2)12(3)9-14)18(22)21-16-8-6-13(19)10-15(16)20/h5-10,17H,4H2,1-3H3,(H,21,22)/t17-/m1/s1. The summed E-state index contributed by atoms with van der Waals surface area (Å²) in [4.78, 5) is 12.3. The number of hydrogen-bond donors (Lipinski definition) is 1. The zero-order valence-electron chi connectivity index (χ0n) is 13.3. The van der Waals surface area contributed by atoms with Crippen molar-refractivity contribution >= 4 is 27.5 Å². The summed E-state index contributed by atoms with van der Waals surface area (Å²) in [6.07, 6.45) is -0.197. The number of amides is 1. The summed E-state index contributed by atoms with van der Waals surface area (Å²) >= 11 is 3.18. The maximum Gasteiger partial charge on any atom is 0.265 e. The Hall–Kier alpha value is -1.88. The van der Waals surface area contributed by atoms with Gasteiger partial charge in [0.2, 0.25) is 0 Å². The molecule has 0 aliphatic carbocycles. The van der Waals surface area contributed by atoms with E-state index in [9.17, 15) is 9.18 Å². The van der Waals surface area contributed by atoms with E-state index in [0.717, 1.165) is 11.1 Å². The Bertz CT molecular complexity index is 718. The number of carbonyl (C=O) groups excluding carboxylic acids is 1. The number of aryl methyl sites for hydroxylation is 2. The molecule has 2 aromatic carbocycles. The summed E-state index contributed by atoms with van der Waals surface area (Å²) in [5.74, 6) is -0.230. The minimum atomic E-state index is -0.680. The van der Waals surface area contributed by atoms with Crippen LogP contribution in [0, 0.1) is 19.7 Å². The van der Waals surface area contributed by atoms with Crippen molar-refractivity contribution in [3.05, 3.63) is 57.8 Å². The van der Waals surface area contributed by atoms with Crippen LogP contribution in [0.15, 0.2) is 40.9 Å². The zero-order chi connectivity index (χ0) is 17.0. The van der Waals surface area contributed by atoms with Crippen LogP contribution >= 0.6 is 15.9 Å². The van der Waals surface area contributed by atoms with Gasteiger partial charge in [0.1, 0.15) is 11.6 Å². The van der Waals surface area contributed by atoms with Crippen molar-refractivity contribution in [1.82, 2.24) is 0 Å². The van der Waals surface area contributed by atoms with Gasteiger partial charge >= 0.3 is 0 Å². The van der Waals surface area contributed by atoms with Gasteiger partial charge in [0.05, 0.1) is 5.69 Å². The van der Waals surface area contributed by atoms with Crippen molar-refractivity contribution in [2.24, 2.45) is 0 Å². The van der Waals surface area contributed by atoms with E-state index in [1.807, 2.05) is 39.0 Å². The number of hydrogen-bond acceptors (Lipinski definition) is 2. The van der Waals surface area contributed by atoms with E-state index < -0.39 is 11.9 Å². The van der Waals surface area contributed by atoms with Crippen molar-refractivity contribution in [2.45, 2.75) is 33.3 Å². The van der Waals surface area contributed by atoms with Crippen molar-refractivity contribution in [2.75, 3.05) is 5.32 Å². The van der Waals surface area contributed by atoms with Crippen LogP contribution in [0.25, 0.3) is 0 Å². The second-order valence-corrected chi connectivity index (χ2v) is 6.29. The predicted molar refractivity (Wildman–Crippen MR) is 93.4 cm³/mol. The second kappa shape index (κ2) is 7.59. The molecule has 0 spiro atoms. The third kappa shape index (κ3) is 4.55. The summed E-state index contributed by atoms with van der Waals surface area (Å²) in [5.41, 5.74) is 2.39. The molecular formula is C18H19BrFNO2. The van der Waals surface area contributed by atoms with Gasteiger partial charge in [0, 0.05) is 4.47 Å². The van der Waals surface area contributed by atoms with Gasteiger partial charge in [-0.05, 0) is 61.7 Å². The maximum atomic E-state index is 13.8. The molecule has 0 saturated heterocycles. The van der Waals surface area contributed by atoms with E-state index in [1.54, 1.807) is 6.07 Å². The number of rotatable bonds is 5. The second-order valence-electron chi connectivity index (χ2n) is 5.37. The summed E-state index contributed by atoms with van der Waals surface area (Å²) in [6, 6.07) is 10.2. The number of nitrogens with one attached hydrogen (secondary N) is 1. The van der Waals surface area contributed by atoms with Gasteiger partial charge in [-0.2, -0.15) is 0 Å². The van der Waals surface area contributed by atoms with E-state index >= 15 is 0 Å². The quantitative estimate of drug-likeness (QED) is 0.793. The number of carbonyl (C=O) groups is 1. The van der Waals surface area contributed by atoms with Crippen molar-refractivity contribution in [3.8, 4) is 5.75 Å². The normalized spacial score (nSPS) is 11.9. The van der Waals surface area contributed by atoms with E-state index in [-0.39, 0.29) is 11.6 Å². The van der Waals surface area contributed by atoms with Crippen molar-refractivity contribution in [3.63, 3.8) is 0 Å². The number of benzene rings is 2. The molecule has 0 aliphatic rings. The fourth-order valence-electron chi connectivity index (χ4n) is 2.08. The minimum absolute atomic E-state index is 0.139. The monoisotopic (exact) mass is 379 g/mol. The number of anilines is 1. The van der Waals surface area contributed by atoms with Gasteiger partial charge in [-0.3, -0.25) is 4.79 Å². The average molecular weight is 380 g/mol. The highest BCUT2D eigenvalue weighted by Crippen LogP contribution is 2.21. The van der Waals surface area contributed by atoms with Crippen LogP contribution in [0.5, 0.6) is 5.75 Å². The smallest absolute Gasteiger partial charge is 0.265 e. The Balaban J connectivity index is 2.10. The van der Waals surface area contributed by atoms with Gasteiger partial charge in [-0.15, -0.1) is 0 Å². The average Bonchev–Trinajstić information content (AvgIpc) is 2.51. The van der Waals surface area contributed by atoms with Crippen LogP contribution in [0.1, 0.15) is 24.5 Å². The van der Waals surface area contributed by atoms with Gasteiger partial charge in [-0.1, -0.05) is 28.9 Å². The van der Waals surface area contributed by atoms with E-state index in [2.05, 4.69) is 21.2 Å². The van der Waals surface area contributed by atoms with Gasteiger partial charge in [0.25, 0.3) is 5.91 Å². The molecule has 5 heteroatoms. The predicted octanol–water partition coefficient (Wildman–Crippen LogP) is 5.00. The topological polar surface area (TPSA) is 38.3 Å². The maximum absolute atomic E-state index is 13.8. The Kier molecular flexibility index (Phi) is 5.77. The summed E-state index contributed by atoms with van der Waals surface area (Å²) in [6.45, 7) is 5.85. The minimum Gasteiger partial charge on any atom is -0.481 e. The van der Waals surface area contributed by atoms with Crippen LogP contribution in [0.2, 0.25) is 0 Å². The van der Waals surface area contributed by atoms with Crippen molar-refractivity contribution in [1.29, 1.82) is 0 Å². The molecule has 3 nitrogen and oxygen atoms in total. The Morgan fingerprint density at radius 2 is 1.96 bits per heavy atom. The molecule has 0 bridgehead atoms. The molecule has 2 rings (SSSR count). The first kappa shape index (κ1) is 17.5. The molecule has 1 amide bonds. The fourth-order valence-corrected chi connectivity index (χ4v) is 2.41. The first-order valence-corrected chi connectivity index (χ1v) is 8.20. The lowest BCUT2D eigenvalue weighted by Crippen LogP contribution is -2.32. The molecule has 122 valence electrons. The number of halogens is 2. The molecule has 0 heterocycles. The first-order chi connectivity index (χ1) is 10.9. The van der Waals surface area contributed by atoms with Crippen molar-refractivity contribution < 1.29 is 13.9 Å². The van der Waals surface area contributed by atoms with E-state index in [0.29, 0.717) is 16.6 Å². The van der Waals surface area contributed by atoms with Gasteiger partial charge in [-0.25, -0.2) is 4.39 Å². The third-order valence-corrected chi connectivity index (χ3v) is 4.10. The van der Waals surface area contributed by atoms with Gasteiger partial charge in [0.15, 0.2) is 6.10 Å². The van der Waals surface area contributed by atoms with E-state index in [1.165, 1.54) is 12.1 Å². The highest BCUT2D eigenvalue weighted by molar-refractivity contribution is 9.10. The molecule has 0 aromatic heterocycles. The molecule has 2 aromatic rings. The molecule has 0 aliphatic heterocycles. The molecule has 0 radical (unpaired) electrons. The van der Waals surface area contributed by atoms with E-state index in [4.69, 9.17) is 4.74 Å². The summed E-state index contributed by atoms with van der Waals surface area (Å²) < 4.78 is 20.2. The highest BCUT2D eigenvalue weighted by Gasteiger charge is 2.20. The Labute approximate surface area is 144 Å².